The van der Waals surface area contributed by atoms with Crippen LogP contribution in [-0.4, -0.2) is 43.7 Å². The van der Waals surface area contributed by atoms with Crippen molar-refractivity contribution in [2.75, 3.05) is 0 Å². The highest BCUT2D eigenvalue weighted by Crippen LogP contribution is 2.34. The van der Waals surface area contributed by atoms with Gasteiger partial charge in [0.25, 0.3) is 5.91 Å². The number of alkyl halides is 3. The van der Waals surface area contributed by atoms with Crippen molar-refractivity contribution in [3.05, 3.63) is 47.3 Å². The van der Waals surface area contributed by atoms with Gasteiger partial charge in [0.1, 0.15) is 5.56 Å². The van der Waals surface area contributed by atoms with E-state index >= 15 is 0 Å². The van der Waals surface area contributed by atoms with E-state index in [4.69, 9.17) is 5.11 Å². The molecule has 0 saturated carbocycles. The Kier molecular flexibility index (Phi) is 5.18. The third-order valence-electron chi connectivity index (χ3n) is 5.12. The lowest BCUT2D eigenvalue weighted by Crippen LogP contribution is -2.39. The molecular weight excluding hydrogens is 375 g/mol. The van der Waals surface area contributed by atoms with Crippen LogP contribution < -0.4 is 0 Å². The summed E-state index contributed by atoms with van der Waals surface area (Å²) in [5.41, 5.74) is -1.89. The predicted octanol–water partition coefficient (Wildman–Crippen LogP) is 3.99. The zero-order valence-electron chi connectivity index (χ0n) is 15.4. The summed E-state index contributed by atoms with van der Waals surface area (Å²) in [6.07, 6.45) is -1.53. The van der Waals surface area contributed by atoms with Crippen molar-refractivity contribution < 1.29 is 27.9 Å². The number of aromatic carboxylic acids is 1. The Morgan fingerprint density at radius 3 is 2.39 bits per heavy atom. The molecule has 0 radical (unpaired) electrons. The van der Waals surface area contributed by atoms with Crippen molar-refractivity contribution in [2.24, 2.45) is 0 Å². The van der Waals surface area contributed by atoms with Crippen LogP contribution in [0.4, 0.5) is 13.2 Å². The standard InChI is InChI=1S/C19H20F3N3O3/c1-3-13-7-4-11(2)24(13)17(26)12-5-8-14(9-6-12)25-16(19(20,21)22)15(10-23-25)18(27)28/h5-6,8-11,13H,3-4,7H2,1-2H3,(H,27,28). The molecule has 6 nitrogen and oxygen atoms in total. The second kappa shape index (κ2) is 7.29. The first-order valence-electron chi connectivity index (χ1n) is 8.96. The molecule has 3 rings (SSSR count). The number of likely N-dealkylation sites (tertiary alicyclic amines) is 1. The molecule has 1 aliphatic rings. The van der Waals surface area contributed by atoms with Crippen LogP contribution in [0.3, 0.4) is 0 Å². The topological polar surface area (TPSA) is 75.4 Å². The molecule has 2 aromatic rings. The van der Waals surface area contributed by atoms with Gasteiger partial charge in [-0.25, -0.2) is 9.48 Å². The molecule has 1 aromatic heterocycles. The number of halogens is 3. The van der Waals surface area contributed by atoms with E-state index in [9.17, 15) is 22.8 Å². The summed E-state index contributed by atoms with van der Waals surface area (Å²) in [6, 6.07) is 5.82. The summed E-state index contributed by atoms with van der Waals surface area (Å²) < 4.78 is 40.6. The molecule has 0 aliphatic carbocycles. The molecule has 0 bridgehead atoms. The number of aromatic nitrogens is 2. The van der Waals surface area contributed by atoms with Gasteiger partial charge in [-0.2, -0.15) is 18.3 Å². The summed E-state index contributed by atoms with van der Waals surface area (Å²) in [5.74, 6) is -1.87. The lowest BCUT2D eigenvalue weighted by Gasteiger charge is -2.28. The van der Waals surface area contributed by atoms with E-state index in [-0.39, 0.29) is 23.7 Å². The molecule has 1 aliphatic heterocycles. The van der Waals surface area contributed by atoms with Gasteiger partial charge in [0.05, 0.1) is 11.9 Å². The predicted molar refractivity (Wildman–Crippen MR) is 94.5 cm³/mol. The number of carboxylic acid groups (broad SMARTS) is 1. The highest BCUT2D eigenvalue weighted by atomic mass is 19.4. The highest BCUT2D eigenvalue weighted by molar-refractivity contribution is 5.95. The van der Waals surface area contributed by atoms with Gasteiger partial charge in [-0.15, -0.1) is 0 Å². The third kappa shape index (κ3) is 3.48. The van der Waals surface area contributed by atoms with Gasteiger partial charge in [0.2, 0.25) is 0 Å². The first kappa shape index (κ1) is 19.9. The first-order valence-corrected chi connectivity index (χ1v) is 8.96. The third-order valence-corrected chi connectivity index (χ3v) is 5.12. The smallest absolute Gasteiger partial charge is 0.434 e. The van der Waals surface area contributed by atoms with E-state index in [0.29, 0.717) is 16.4 Å². The number of rotatable bonds is 4. The monoisotopic (exact) mass is 395 g/mol. The fraction of sp³-hybridized carbons (Fsp3) is 0.421. The number of nitrogens with zero attached hydrogens (tertiary/aromatic N) is 3. The largest absolute Gasteiger partial charge is 0.478 e. The maximum absolute atomic E-state index is 13.3. The fourth-order valence-corrected chi connectivity index (χ4v) is 3.71. The Morgan fingerprint density at radius 2 is 1.86 bits per heavy atom. The molecule has 9 heteroatoms. The number of carbonyl (C=O) groups is 2. The molecule has 2 heterocycles. The molecule has 28 heavy (non-hydrogen) atoms. The molecule has 1 fully saturated rings. The Labute approximate surface area is 159 Å². The number of hydrogen-bond acceptors (Lipinski definition) is 3. The Balaban J connectivity index is 1.94. The number of carbonyl (C=O) groups excluding carboxylic acids is 1. The average Bonchev–Trinajstić information content (AvgIpc) is 3.25. The van der Waals surface area contributed by atoms with E-state index in [1.807, 2.05) is 18.7 Å². The van der Waals surface area contributed by atoms with Crippen LogP contribution in [0.15, 0.2) is 30.5 Å². The van der Waals surface area contributed by atoms with Gasteiger partial charge in [-0.1, -0.05) is 6.92 Å². The van der Waals surface area contributed by atoms with Crippen LogP contribution in [-0.2, 0) is 6.18 Å². The van der Waals surface area contributed by atoms with Crippen molar-refractivity contribution in [1.29, 1.82) is 0 Å². The molecule has 2 atom stereocenters. The quantitative estimate of drug-likeness (QED) is 0.849. The van der Waals surface area contributed by atoms with E-state index in [1.165, 1.54) is 24.3 Å². The Hall–Kier alpha value is -2.84. The number of benzene rings is 1. The van der Waals surface area contributed by atoms with E-state index < -0.39 is 23.4 Å². The molecule has 0 spiro atoms. The van der Waals surface area contributed by atoms with Gasteiger partial charge >= 0.3 is 12.1 Å². The molecule has 1 saturated heterocycles. The van der Waals surface area contributed by atoms with Crippen LogP contribution in [0.2, 0.25) is 0 Å². The van der Waals surface area contributed by atoms with Crippen molar-refractivity contribution in [2.45, 2.75) is 51.4 Å². The fourth-order valence-electron chi connectivity index (χ4n) is 3.71. The SMILES string of the molecule is CCC1CCC(C)N1C(=O)c1ccc(-n2ncc(C(=O)O)c2C(F)(F)F)cc1. The number of amides is 1. The second-order valence-electron chi connectivity index (χ2n) is 6.87. The van der Waals surface area contributed by atoms with E-state index in [0.717, 1.165) is 19.3 Å². The minimum Gasteiger partial charge on any atom is -0.478 e. The summed E-state index contributed by atoms with van der Waals surface area (Å²) in [6.45, 7) is 4.00. The van der Waals surface area contributed by atoms with Crippen molar-refractivity contribution in [1.82, 2.24) is 14.7 Å². The first-order chi connectivity index (χ1) is 13.1. The Morgan fingerprint density at radius 1 is 1.21 bits per heavy atom. The minimum absolute atomic E-state index is 0.0258. The highest BCUT2D eigenvalue weighted by Gasteiger charge is 2.40. The van der Waals surface area contributed by atoms with Crippen LogP contribution in [0.1, 0.15) is 59.5 Å². The van der Waals surface area contributed by atoms with Gasteiger partial charge in [-0.05, 0) is 50.5 Å². The van der Waals surface area contributed by atoms with Crippen LogP contribution in [0.25, 0.3) is 5.69 Å². The number of carboxylic acids is 1. The minimum atomic E-state index is -4.89. The summed E-state index contributed by atoms with van der Waals surface area (Å²) >= 11 is 0. The van der Waals surface area contributed by atoms with Crippen molar-refractivity contribution >= 4 is 11.9 Å². The van der Waals surface area contributed by atoms with Gasteiger partial charge < -0.3 is 10.0 Å². The van der Waals surface area contributed by atoms with Crippen LogP contribution in [0.5, 0.6) is 0 Å². The second-order valence-corrected chi connectivity index (χ2v) is 6.87. The van der Waals surface area contributed by atoms with Gasteiger partial charge in [-0.3, -0.25) is 4.79 Å². The number of hydrogen-bond donors (Lipinski definition) is 1. The molecule has 1 amide bonds. The van der Waals surface area contributed by atoms with Crippen LogP contribution >= 0.6 is 0 Å². The molecule has 2 unspecified atom stereocenters. The molecule has 150 valence electrons. The molecular formula is C19H20F3N3O3. The van der Waals surface area contributed by atoms with Gasteiger partial charge in [0.15, 0.2) is 5.69 Å². The van der Waals surface area contributed by atoms with E-state index in [2.05, 4.69) is 5.10 Å². The Bertz CT molecular complexity index is 890. The molecule has 1 N–H and O–H groups in total. The summed E-state index contributed by atoms with van der Waals surface area (Å²) in [5, 5.41) is 12.6. The van der Waals surface area contributed by atoms with Gasteiger partial charge in [0, 0.05) is 17.6 Å². The lowest BCUT2D eigenvalue weighted by molar-refractivity contribution is -0.143. The normalized spacial score (nSPS) is 19.8. The summed E-state index contributed by atoms with van der Waals surface area (Å²) in [4.78, 5) is 25.8. The van der Waals surface area contributed by atoms with Crippen molar-refractivity contribution in [3.63, 3.8) is 0 Å². The maximum Gasteiger partial charge on any atom is 0.434 e. The maximum atomic E-state index is 13.3. The summed E-state index contributed by atoms with van der Waals surface area (Å²) in [7, 11) is 0. The zero-order chi connectivity index (χ0) is 20.6. The molecule has 1 aromatic carbocycles. The zero-order valence-corrected chi connectivity index (χ0v) is 15.4. The average molecular weight is 395 g/mol. The van der Waals surface area contributed by atoms with Crippen LogP contribution in [0, 0.1) is 0 Å². The van der Waals surface area contributed by atoms with E-state index in [1.54, 1.807) is 0 Å². The lowest BCUT2D eigenvalue weighted by atomic mass is 10.1. The van der Waals surface area contributed by atoms with Crippen molar-refractivity contribution in [3.8, 4) is 5.69 Å².